The van der Waals surface area contributed by atoms with Crippen molar-refractivity contribution in [3.05, 3.63) is 58.9 Å². The van der Waals surface area contributed by atoms with Crippen LogP contribution in [0.4, 0.5) is 5.69 Å². The summed E-state index contributed by atoms with van der Waals surface area (Å²) in [5.74, 6) is -0.542. The molecule has 0 atom stereocenters. The van der Waals surface area contributed by atoms with Crippen LogP contribution in [-0.4, -0.2) is 22.8 Å². The molecule has 3 rings (SSSR count). The first-order valence-electron chi connectivity index (χ1n) is 8.45. The average molecular weight is 358 g/mol. The van der Waals surface area contributed by atoms with Crippen LogP contribution in [0.1, 0.15) is 52.8 Å². The Bertz CT molecular complexity index is 773. The fourth-order valence-corrected chi connectivity index (χ4v) is 3.14. The van der Waals surface area contributed by atoms with Crippen LogP contribution in [0.3, 0.4) is 0 Å². The zero-order chi connectivity index (χ0) is 17.6. The van der Waals surface area contributed by atoms with E-state index in [9.17, 15) is 9.59 Å². The van der Waals surface area contributed by atoms with E-state index in [1.54, 1.807) is 30.3 Å². The number of aromatic nitrogens is 1. The molecule has 1 aromatic carbocycles. The number of para-hydroxylation sites is 1. The number of amides is 2. The van der Waals surface area contributed by atoms with Gasteiger partial charge in [0.1, 0.15) is 0 Å². The highest BCUT2D eigenvalue weighted by Gasteiger charge is 2.18. The van der Waals surface area contributed by atoms with Gasteiger partial charge >= 0.3 is 0 Å². The van der Waals surface area contributed by atoms with E-state index in [0.29, 0.717) is 21.8 Å². The third kappa shape index (κ3) is 4.57. The topological polar surface area (TPSA) is 71.1 Å². The summed E-state index contributed by atoms with van der Waals surface area (Å²) in [6.07, 6.45) is 8.43. The van der Waals surface area contributed by atoms with Gasteiger partial charge in [-0.25, -0.2) is 0 Å². The van der Waals surface area contributed by atoms with E-state index in [1.807, 2.05) is 0 Å². The van der Waals surface area contributed by atoms with Crippen molar-refractivity contribution in [3.8, 4) is 0 Å². The standard InChI is InChI=1S/C19H20ClN3O2/c20-16-8-4-5-9-17(16)23-19(25)14-10-13(11-21-12-14)18(24)22-15-6-2-1-3-7-15/h4-5,8-12,15H,1-3,6-7H2,(H,22,24)(H,23,25). The van der Waals surface area contributed by atoms with Gasteiger partial charge in [-0.2, -0.15) is 0 Å². The number of pyridine rings is 1. The van der Waals surface area contributed by atoms with Crippen molar-refractivity contribution in [1.82, 2.24) is 10.3 Å². The molecule has 1 saturated carbocycles. The van der Waals surface area contributed by atoms with Crippen molar-refractivity contribution in [3.63, 3.8) is 0 Å². The number of carbonyl (C=O) groups excluding carboxylic acids is 2. The summed E-state index contributed by atoms with van der Waals surface area (Å²) in [4.78, 5) is 28.8. The lowest BCUT2D eigenvalue weighted by Crippen LogP contribution is -2.36. The maximum atomic E-state index is 12.4. The Labute approximate surface area is 151 Å². The molecule has 2 N–H and O–H groups in total. The molecule has 6 heteroatoms. The lowest BCUT2D eigenvalue weighted by molar-refractivity contribution is 0.0927. The minimum atomic E-state index is -0.354. The van der Waals surface area contributed by atoms with E-state index in [-0.39, 0.29) is 17.9 Å². The van der Waals surface area contributed by atoms with E-state index in [2.05, 4.69) is 15.6 Å². The Morgan fingerprint density at radius 3 is 2.40 bits per heavy atom. The molecule has 1 aliphatic carbocycles. The number of nitrogens with zero attached hydrogens (tertiary/aromatic N) is 1. The maximum Gasteiger partial charge on any atom is 0.257 e. The summed E-state index contributed by atoms with van der Waals surface area (Å²) in [6, 6.07) is 8.75. The van der Waals surface area contributed by atoms with Gasteiger partial charge in [0, 0.05) is 18.4 Å². The third-order valence-corrected chi connectivity index (χ3v) is 4.65. The predicted molar refractivity (Wildman–Crippen MR) is 98.0 cm³/mol. The second-order valence-corrected chi connectivity index (χ2v) is 6.61. The van der Waals surface area contributed by atoms with Gasteiger partial charge < -0.3 is 10.6 Å². The number of halogens is 1. The molecule has 1 aromatic heterocycles. The van der Waals surface area contributed by atoms with Crippen molar-refractivity contribution in [2.45, 2.75) is 38.1 Å². The van der Waals surface area contributed by atoms with Crippen LogP contribution in [0.25, 0.3) is 0 Å². The van der Waals surface area contributed by atoms with Gasteiger partial charge in [0.2, 0.25) is 0 Å². The number of nitrogens with one attached hydrogen (secondary N) is 2. The van der Waals surface area contributed by atoms with Gasteiger partial charge in [-0.3, -0.25) is 14.6 Å². The van der Waals surface area contributed by atoms with Crippen LogP contribution in [0, 0.1) is 0 Å². The minimum Gasteiger partial charge on any atom is -0.349 e. The van der Waals surface area contributed by atoms with Crippen LogP contribution in [0.2, 0.25) is 5.02 Å². The molecule has 1 fully saturated rings. The largest absolute Gasteiger partial charge is 0.349 e. The Kier molecular flexibility index (Phi) is 5.66. The molecule has 0 radical (unpaired) electrons. The normalized spacial score (nSPS) is 14.8. The molecule has 1 heterocycles. The predicted octanol–water partition coefficient (Wildman–Crippen LogP) is 4.05. The molecule has 0 aliphatic heterocycles. The van der Waals surface area contributed by atoms with Crippen molar-refractivity contribution in [2.24, 2.45) is 0 Å². The van der Waals surface area contributed by atoms with Crippen molar-refractivity contribution in [2.75, 3.05) is 5.32 Å². The molecule has 2 aromatic rings. The molecule has 0 spiro atoms. The van der Waals surface area contributed by atoms with Gasteiger partial charge in [0.15, 0.2) is 0 Å². The summed E-state index contributed by atoms with van der Waals surface area (Å²) >= 11 is 6.05. The zero-order valence-electron chi connectivity index (χ0n) is 13.8. The number of hydrogen-bond donors (Lipinski definition) is 2. The summed E-state index contributed by atoms with van der Waals surface area (Å²) in [5, 5.41) is 6.21. The van der Waals surface area contributed by atoms with Crippen LogP contribution in [0.15, 0.2) is 42.7 Å². The van der Waals surface area contributed by atoms with Gasteiger partial charge in [-0.1, -0.05) is 43.0 Å². The van der Waals surface area contributed by atoms with E-state index < -0.39 is 0 Å². The number of anilines is 1. The Morgan fingerprint density at radius 2 is 1.68 bits per heavy atom. The molecule has 0 bridgehead atoms. The highest BCUT2D eigenvalue weighted by atomic mass is 35.5. The molecule has 130 valence electrons. The Morgan fingerprint density at radius 1 is 1.00 bits per heavy atom. The highest BCUT2D eigenvalue weighted by Crippen LogP contribution is 2.21. The number of carbonyl (C=O) groups is 2. The molecule has 0 saturated heterocycles. The monoisotopic (exact) mass is 357 g/mol. The first kappa shape index (κ1) is 17.4. The van der Waals surface area contributed by atoms with E-state index in [0.717, 1.165) is 25.7 Å². The molecule has 1 aliphatic rings. The molecular formula is C19H20ClN3O2. The third-order valence-electron chi connectivity index (χ3n) is 4.33. The summed E-state index contributed by atoms with van der Waals surface area (Å²) in [6.45, 7) is 0. The van der Waals surface area contributed by atoms with Crippen LogP contribution < -0.4 is 10.6 Å². The number of hydrogen-bond acceptors (Lipinski definition) is 3. The van der Waals surface area contributed by atoms with E-state index in [1.165, 1.54) is 18.8 Å². The summed E-state index contributed by atoms with van der Waals surface area (Å²) in [5.41, 5.74) is 1.22. The first-order chi connectivity index (χ1) is 12.1. The quantitative estimate of drug-likeness (QED) is 0.867. The van der Waals surface area contributed by atoms with Crippen LogP contribution >= 0.6 is 11.6 Å². The zero-order valence-corrected chi connectivity index (χ0v) is 14.6. The van der Waals surface area contributed by atoms with E-state index >= 15 is 0 Å². The average Bonchev–Trinajstić information content (AvgIpc) is 2.64. The number of rotatable bonds is 4. The fourth-order valence-electron chi connectivity index (χ4n) is 2.96. The second-order valence-electron chi connectivity index (χ2n) is 6.20. The van der Waals surface area contributed by atoms with Gasteiger partial charge in [-0.05, 0) is 31.0 Å². The second kappa shape index (κ2) is 8.12. The molecule has 5 nitrogen and oxygen atoms in total. The maximum absolute atomic E-state index is 12.4. The lowest BCUT2D eigenvalue weighted by atomic mass is 9.95. The molecule has 2 amide bonds. The Hall–Kier alpha value is -2.40. The smallest absolute Gasteiger partial charge is 0.257 e. The van der Waals surface area contributed by atoms with Crippen LogP contribution in [0.5, 0.6) is 0 Å². The Balaban J connectivity index is 1.69. The SMILES string of the molecule is O=C(Nc1ccccc1Cl)c1cncc(C(=O)NC2CCCCC2)c1. The van der Waals surface area contributed by atoms with E-state index in [4.69, 9.17) is 11.6 Å². The molecular weight excluding hydrogens is 338 g/mol. The minimum absolute atomic E-state index is 0.188. The van der Waals surface area contributed by atoms with Gasteiger partial charge in [0.25, 0.3) is 11.8 Å². The van der Waals surface area contributed by atoms with Crippen molar-refractivity contribution >= 4 is 29.1 Å². The number of benzene rings is 1. The van der Waals surface area contributed by atoms with Gasteiger partial charge in [0.05, 0.1) is 21.8 Å². The molecule has 25 heavy (non-hydrogen) atoms. The lowest BCUT2D eigenvalue weighted by Gasteiger charge is -2.22. The summed E-state index contributed by atoms with van der Waals surface area (Å²) in [7, 11) is 0. The van der Waals surface area contributed by atoms with Crippen LogP contribution in [-0.2, 0) is 0 Å². The van der Waals surface area contributed by atoms with Crippen molar-refractivity contribution < 1.29 is 9.59 Å². The fraction of sp³-hybridized carbons (Fsp3) is 0.316. The highest BCUT2D eigenvalue weighted by molar-refractivity contribution is 6.33. The molecule has 0 unspecified atom stereocenters. The first-order valence-corrected chi connectivity index (χ1v) is 8.83. The van der Waals surface area contributed by atoms with Crippen molar-refractivity contribution in [1.29, 1.82) is 0 Å². The van der Waals surface area contributed by atoms with Gasteiger partial charge in [-0.15, -0.1) is 0 Å². The summed E-state index contributed by atoms with van der Waals surface area (Å²) < 4.78 is 0.